The quantitative estimate of drug-likeness (QED) is 0.909. The predicted octanol–water partition coefficient (Wildman–Crippen LogP) is 2.28. The Morgan fingerprint density at radius 3 is 3.07 bits per heavy atom. The van der Waals surface area contributed by atoms with Crippen LogP contribution in [0.3, 0.4) is 0 Å². The van der Waals surface area contributed by atoms with Crippen molar-refractivity contribution in [3.63, 3.8) is 0 Å². The number of carboxylic acid groups (broad SMARTS) is 1. The van der Waals surface area contributed by atoms with Crippen molar-refractivity contribution in [3.05, 3.63) is 34.7 Å². The summed E-state index contributed by atoms with van der Waals surface area (Å²) in [6.45, 7) is 1.62. The van der Waals surface area contributed by atoms with Gasteiger partial charge < -0.3 is 9.51 Å². The monoisotopic (exact) mass is 268 g/mol. The molecule has 2 heterocycles. The first-order valence-corrected chi connectivity index (χ1v) is 5.24. The molecule has 0 spiro atoms. The third-order valence-corrected chi connectivity index (χ3v) is 2.75. The minimum absolute atomic E-state index is 0.570. The zero-order valence-electron chi connectivity index (χ0n) is 8.01. The standard InChI is InChI=1S/C10H9BrN2O2/c1-6(10(14)15)8-5-13-3-2-7(11)4-9(13)12-8/h2-6H,1H3,(H,14,15). The Labute approximate surface area is 94.7 Å². The van der Waals surface area contributed by atoms with Crippen LogP contribution in [0, 0.1) is 0 Å². The molecule has 1 unspecified atom stereocenters. The Balaban J connectivity index is 2.51. The van der Waals surface area contributed by atoms with E-state index in [4.69, 9.17) is 5.11 Å². The number of carboxylic acids is 1. The minimum Gasteiger partial charge on any atom is -0.481 e. The van der Waals surface area contributed by atoms with Crippen molar-refractivity contribution in [2.75, 3.05) is 0 Å². The number of rotatable bonds is 2. The maximum absolute atomic E-state index is 10.8. The highest BCUT2D eigenvalue weighted by Crippen LogP contribution is 2.18. The van der Waals surface area contributed by atoms with Gasteiger partial charge in [0, 0.05) is 16.9 Å². The van der Waals surface area contributed by atoms with Crippen molar-refractivity contribution in [2.24, 2.45) is 0 Å². The van der Waals surface area contributed by atoms with Crippen LogP contribution < -0.4 is 0 Å². The summed E-state index contributed by atoms with van der Waals surface area (Å²) in [5.41, 5.74) is 1.31. The number of hydrogen-bond acceptors (Lipinski definition) is 2. The van der Waals surface area contributed by atoms with Crippen molar-refractivity contribution < 1.29 is 9.90 Å². The van der Waals surface area contributed by atoms with E-state index in [-0.39, 0.29) is 0 Å². The summed E-state index contributed by atoms with van der Waals surface area (Å²) in [5, 5.41) is 8.86. The van der Waals surface area contributed by atoms with Gasteiger partial charge in [-0.15, -0.1) is 0 Å². The molecule has 1 N–H and O–H groups in total. The molecule has 0 aliphatic heterocycles. The molecule has 0 saturated carbocycles. The molecule has 0 radical (unpaired) electrons. The number of imidazole rings is 1. The molecule has 0 aromatic carbocycles. The zero-order chi connectivity index (χ0) is 11.0. The van der Waals surface area contributed by atoms with Gasteiger partial charge in [-0.05, 0) is 19.1 Å². The third-order valence-electron chi connectivity index (χ3n) is 2.25. The minimum atomic E-state index is -0.863. The summed E-state index contributed by atoms with van der Waals surface area (Å²) >= 11 is 3.34. The van der Waals surface area contributed by atoms with Crippen LogP contribution in [0.25, 0.3) is 5.65 Å². The lowest BCUT2D eigenvalue weighted by molar-refractivity contribution is -0.138. The van der Waals surface area contributed by atoms with Gasteiger partial charge in [0.1, 0.15) is 5.65 Å². The fourth-order valence-corrected chi connectivity index (χ4v) is 1.63. The van der Waals surface area contributed by atoms with E-state index in [1.807, 2.05) is 18.3 Å². The van der Waals surface area contributed by atoms with Crippen LogP contribution in [0.2, 0.25) is 0 Å². The highest BCUT2D eigenvalue weighted by molar-refractivity contribution is 9.10. The Hall–Kier alpha value is -1.36. The number of carbonyl (C=O) groups is 1. The van der Waals surface area contributed by atoms with Gasteiger partial charge in [0.25, 0.3) is 0 Å². The maximum Gasteiger partial charge on any atom is 0.312 e. The second-order valence-corrected chi connectivity index (χ2v) is 4.25. The number of fused-ring (bicyclic) bond motifs is 1. The van der Waals surface area contributed by atoms with Gasteiger partial charge in [0.15, 0.2) is 0 Å². The predicted molar refractivity (Wildman–Crippen MR) is 58.9 cm³/mol. The Morgan fingerprint density at radius 1 is 1.67 bits per heavy atom. The molecular formula is C10H9BrN2O2. The van der Waals surface area contributed by atoms with Crippen LogP contribution in [0.5, 0.6) is 0 Å². The summed E-state index contributed by atoms with van der Waals surface area (Å²) in [6.07, 6.45) is 3.57. The van der Waals surface area contributed by atoms with E-state index in [1.54, 1.807) is 17.5 Å². The Morgan fingerprint density at radius 2 is 2.40 bits per heavy atom. The molecule has 78 valence electrons. The zero-order valence-corrected chi connectivity index (χ0v) is 9.60. The number of halogens is 1. The molecule has 2 aromatic rings. The van der Waals surface area contributed by atoms with Crippen LogP contribution in [0.15, 0.2) is 29.0 Å². The molecule has 0 saturated heterocycles. The highest BCUT2D eigenvalue weighted by atomic mass is 79.9. The largest absolute Gasteiger partial charge is 0.481 e. The van der Waals surface area contributed by atoms with Gasteiger partial charge in [0.2, 0.25) is 0 Å². The summed E-state index contributed by atoms with van der Waals surface area (Å²) in [7, 11) is 0. The van der Waals surface area contributed by atoms with Crippen LogP contribution in [0.1, 0.15) is 18.5 Å². The molecule has 0 aliphatic carbocycles. The van der Waals surface area contributed by atoms with E-state index in [9.17, 15) is 4.79 Å². The summed E-state index contributed by atoms with van der Waals surface area (Å²) < 4.78 is 2.73. The lowest BCUT2D eigenvalue weighted by Crippen LogP contribution is -2.07. The van der Waals surface area contributed by atoms with Gasteiger partial charge >= 0.3 is 5.97 Å². The first-order valence-electron chi connectivity index (χ1n) is 4.45. The van der Waals surface area contributed by atoms with Gasteiger partial charge in [-0.25, -0.2) is 4.98 Å². The van der Waals surface area contributed by atoms with Crippen LogP contribution in [-0.2, 0) is 4.79 Å². The summed E-state index contributed by atoms with van der Waals surface area (Å²) in [4.78, 5) is 15.0. The molecule has 5 heteroatoms. The molecule has 2 rings (SSSR count). The second kappa shape index (κ2) is 3.66. The van der Waals surface area contributed by atoms with E-state index in [2.05, 4.69) is 20.9 Å². The van der Waals surface area contributed by atoms with Gasteiger partial charge in [-0.1, -0.05) is 15.9 Å². The molecule has 0 amide bonds. The summed E-state index contributed by atoms with van der Waals surface area (Å²) in [6, 6.07) is 3.72. The third kappa shape index (κ3) is 1.87. The molecule has 0 bridgehead atoms. The molecule has 0 fully saturated rings. The lowest BCUT2D eigenvalue weighted by atomic mass is 10.1. The van der Waals surface area contributed by atoms with E-state index >= 15 is 0 Å². The first kappa shape index (κ1) is 10.2. The number of nitrogens with zero attached hydrogens (tertiary/aromatic N) is 2. The van der Waals surface area contributed by atoms with E-state index in [1.165, 1.54) is 0 Å². The van der Waals surface area contributed by atoms with Crippen LogP contribution >= 0.6 is 15.9 Å². The molecular weight excluding hydrogens is 260 g/mol. The Kier molecular flexibility index (Phi) is 2.48. The number of pyridine rings is 1. The van der Waals surface area contributed by atoms with Crippen molar-refractivity contribution in [3.8, 4) is 0 Å². The number of hydrogen-bond donors (Lipinski definition) is 1. The van der Waals surface area contributed by atoms with Crippen LogP contribution in [-0.4, -0.2) is 20.5 Å². The highest BCUT2D eigenvalue weighted by Gasteiger charge is 2.16. The van der Waals surface area contributed by atoms with E-state index in [0.717, 1.165) is 10.1 Å². The van der Waals surface area contributed by atoms with Crippen molar-refractivity contribution in [2.45, 2.75) is 12.8 Å². The van der Waals surface area contributed by atoms with Gasteiger partial charge in [-0.3, -0.25) is 4.79 Å². The molecule has 1 atom stereocenters. The van der Waals surface area contributed by atoms with Crippen LogP contribution in [0.4, 0.5) is 0 Å². The van der Waals surface area contributed by atoms with Gasteiger partial charge in [0.05, 0.1) is 11.6 Å². The normalized spacial score (nSPS) is 12.9. The SMILES string of the molecule is CC(C(=O)O)c1cn2ccc(Br)cc2n1. The van der Waals surface area contributed by atoms with E-state index in [0.29, 0.717) is 5.69 Å². The maximum atomic E-state index is 10.8. The first-order chi connectivity index (χ1) is 7.08. The summed E-state index contributed by atoms with van der Waals surface area (Å²) in [5.74, 6) is -1.44. The van der Waals surface area contributed by atoms with Crippen molar-refractivity contribution >= 4 is 27.5 Å². The topological polar surface area (TPSA) is 54.6 Å². The number of aliphatic carboxylic acids is 1. The van der Waals surface area contributed by atoms with E-state index < -0.39 is 11.9 Å². The molecule has 2 aromatic heterocycles. The van der Waals surface area contributed by atoms with Crippen molar-refractivity contribution in [1.29, 1.82) is 0 Å². The van der Waals surface area contributed by atoms with Crippen molar-refractivity contribution in [1.82, 2.24) is 9.38 Å². The smallest absolute Gasteiger partial charge is 0.312 e. The molecule has 15 heavy (non-hydrogen) atoms. The molecule has 4 nitrogen and oxygen atoms in total. The average Bonchev–Trinajstić information content (AvgIpc) is 2.58. The van der Waals surface area contributed by atoms with Gasteiger partial charge in [-0.2, -0.15) is 0 Å². The Bertz CT molecular complexity index is 521. The second-order valence-electron chi connectivity index (χ2n) is 3.34. The fourth-order valence-electron chi connectivity index (χ4n) is 1.31. The number of aromatic nitrogens is 2. The fraction of sp³-hybridized carbons (Fsp3) is 0.200. The average molecular weight is 269 g/mol. The lowest BCUT2D eigenvalue weighted by Gasteiger charge is -1.98. The molecule has 0 aliphatic rings.